The molecule has 1 aliphatic carbocycles. The summed E-state index contributed by atoms with van der Waals surface area (Å²) < 4.78 is 0. The molecular formula is C11H16O2. The van der Waals surface area contributed by atoms with E-state index in [4.69, 9.17) is 6.42 Å². The molecule has 1 fully saturated rings. The summed E-state index contributed by atoms with van der Waals surface area (Å²) in [4.78, 5) is 11.5. The zero-order chi connectivity index (χ0) is 9.73. The number of rotatable bonds is 2. The van der Waals surface area contributed by atoms with E-state index < -0.39 is 5.60 Å². The molecule has 72 valence electrons. The summed E-state index contributed by atoms with van der Waals surface area (Å²) in [7, 11) is 0. The standard InChI is InChI=1S/C11H16O2/c1-2-7-10(12)11(13)8-5-3-4-6-9-11/h1,13H,3-9H2. The first-order valence-electron chi connectivity index (χ1n) is 4.88. The van der Waals surface area contributed by atoms with Crippen molar-refractivity contribution in [1.82, 2.24) is 0 Å². The van der Waals surface area contributed by atoms with Gasteiger partial charge in [0.05, 0.1) is 6.42 Å². The maximum absolute atomic E-state index is 11.5. The van der Waals surface area contributed by atoms with Gasteiger partial charge in [-0.3, -0.25) is 4.79 Å². The second-order valence-electron chi connectivity index (χ2n) is 3.75. The van der Waals surface area contributed by atoms with E-state index >= 15 is 0 Å². The molecule has 0 unspecified atom stereocenters. The van der Waals surface area contributed by atoms with Crippen LogP contribution >= 0.6 is 0 Å². The fourth-order valence-corrected chi connectivity index (χ4v) is 1.85. The summed E-state index contributed by atoms with van der Waals surface area (Å²) in [5.74, 6) is 2.13. The van der Waals surface area contributed by atoms with E-state index in [1.165, 1.54) is 0 Å². The molecule has 0 amide bonds. The van der Waals surface area contributed by atoms with Crippen LogP contribution in [0.15, 0.2) is 0 Å². The minimum atomic E-state index is -1.11. The second kappa shape index (κ2) is 4.43. The van der Waals surface area contributed by atoms with Crippen molar-refractivity contribution in [2.45, 2.75) is 50.5 Å². The van der Waals surface area contributed by atoms with E-state index in [2.05, 4.69) is 5.92 Å². The predicted molar refractivity (Wildman–Crippen MR) is 51.1 cm³/mol. The maximum atomic E-state index is 11.5. The predicted octanol–water partition coefficient (Wildman–Crippen LogP) is 1.66. The molecule has 0 aromatic rings. The van der Waals surface area contributed by atoms with Gasteiger partial charge in [0.2, 0.25) is 0 Å². The lowest BCUT2D eigenvalue weighted by Crippen LogP contribution is -2.37. The van der Waals surface area contributed by atoms with E-state index in [9.17, 15) is 9.90 Å². The Hall–Kier alpha value is -0.810. The molecule has 2 heteroatoms. The van der Waals surface area contributed by atoms with Crippen LogP contribution in [0.4, 0.5) is 0 Å². The van der Waals surface area contributed by atoms with Crippen LogP contribution < -0.4 is 0 Å². The van der Waals surface area contributed by atoms with Gasteiger partial charge in [0, 0.05) is 0 Å². The second-order valence-corrected chi connectivity index (χ2v) is 3.75. The van der Waals surface area contributed by atoms with E-state index in [0.717, 1.165) is 25.7 Å². The summed E-state index contributed by atoms with van der Waals surface area (Å²) in [5.41, 5.74) is -1.11. The molecule has 0 spiro atoms. The Balaban J connectivity index is 2.61. The Morgan fingerprint density at radius 3 is 2.31 bits per heavy atom. The molecule has 1 aliphatic rings. The highest BCUT2D eigenvalue weighted by molar-refractivity contribution is 5.88. The lowest BCUT2D eigenvalue weighted by molar-refractivity contribution is -0.137. The van der Waals surface area contributed by atoms with Gasteiger partial charge in [0.15, 0.2) is 5.78 Å². The van der Waals surface area contributed by atoms with Gasteiger partial charge < -0.3 is 5.11 Å². The molecule has 1 saturated carbocycles. The normalized spacial score (nSPS) is 21.5. The van der Waals surface area contributed by atoms with Crippen molar-refractivity contribution in [1.29, 1.82) is 0 Å². The van der Waals surface area contributed by atoms with Crippen LogP contribution in [0.1, 0.15) is 44.9 Å². The average Bonchev–Trinajstić information content (AvgIpc) is 2.32. The number of hydrogen-bond donors (Lipinski definition) is 1. The number of ketones is 1. The Bertz CT molecular complexity index is 217. The smallest absolute Gasteiger partial charge is 0.176 e. The van der Waals surface area contributed by atoms with Crippen molar-refractivity contribution in [2.24, 2.45) is 0 Å². The van der Waals surface area contributed by atoms with Crippen LogP contribution in [0.25, 0.3) is 0 Å². The molecule has 0 atom stereocenters. The highest BCUT2D eigenvalue weighted by Crippen LogP contribution is 2.28. The largest absolute Gasteiger partial charge is 0.382 e. The van der Waals surface area contributed by atoms with Gasteiger partial charge >= 0.3 is 0 Å². The molecule has 0 heterocycles. The summed E-state index contributed by atoms with van der Waals surface area (Å²) >= 11 is 0. The number of terminal acetylenes is 1. The van der Waals surface area contributed by atoms with Crippen molar-refractivity contribution in [3.05, 3.63) is 0 Å². The summed E-state index contributed by atoms with van der Waals surface area (Å²) in [6.45, 7) is 0. The molecule has 0 aliphatic heterocycles. The quantitative estimate of drug-likeness (QED) is 0.518. The Morgan fingerprint density at radius 1 is 1.31 bits per heavy atom. The number of aliphatic hydroxyl groups is 1. The van der Waals surface area contributed by atoms with Crippen molar-refractivity contribution in [3.8, 4) is 12.3 Å². The minimum absolute atomic E-state index is 0.0660. The van der Waals surface area contributed by atoms with Gasteiger partial charge in [0.1, 0.15) is 5.60 Å². The Morgan fingerprint density at radius 2 is 1.85 bits per heavy atom. The van der Waals surface area contributed by atoms with Crippen LogP contribution in [0.5, 0.6) is 0 Å². The zero-order valence-corrected chi connectivity index (χ0v) is 7.88. The van der Waals surface area contributed by atoms with Crippen LogP contribution in [-0.2, 0) is 4.79 Å². The van der Waals surface area contributed by atoms with Gasteiger partial charge in [-0.2, -0.15) is 0 Å². The molecule has 0 bridgehead atoms. The first-order chi connectivity index (χ1) is 6.19. The fraction of sp³-hybridized carbons (Fsp3) is 0.727. The highest BCUT2D eigenvalue weighted by Gasteiger charge is 2.34. The molecule has 0 aromatic heterocycles. The molecule has 0 saturated heterocycles. The van der Waals surface area contributed by atoms with Crippen LogP contribution in [0.2, 0.25) is 0 Å². The minimum Gasteiger partial charge on any atom is -0.382 e. The Labute approximate surface area is 79.3 Å². The van der Waals surface area contributed by atoms with Crippen molar-refractivity contribution >= 4 is 5.78 Å². The van der Waals surface area contributed by atoms with Gasteiger partial charge in [0.25, 0.3) is 0 Å². The summed E-state index contributed by atoms with van der Waals surface area (Å²) in [6.07, 6.45) is 10.4. The van der Waals surface area contributed by atoms with Crippen LogP contribution in [0, 0.1) is 12.3 Å². The molecular weight excluding hydrogens is 164 g/mol. The van der Waals surface area contributed by atoms with Crippen molar-refractivity contribution in [2.75, 3.05) is 0 Å². The number of carbonyl (C=O) groups is 1. The van der Waals surface area contributed by atoms with Gasteiger partial charge in [-0.05, 0) is 12.8 Å². The lowest BCUT2D eigenvalue weighted by atomic mass is 9.88. The van der Waals surface area contributed by atoms with Crippen LogP contribution in [0.3, 0.4) is 0 Å². The first-order valence-corrected chi connectivity index (χ1v) is 4.88. The Kier molecular flexibility index (Phi) is 3.50. The highest BCUT2D eigenvalue weighted by atomic mass is 16.3. The topological polar surface area (TPSA) is 37.3 Å². The van der Waals surface area contributed by atoms with Gasteiger partial charge in [-0.15, -0.1) is 6.42 Å². The monoisotopic (exact) mass is 180 g/mol. The number of hydrogen-bond acceptors (Lipinski definition) is 2. The molecule has 1 N–H and O–H groups in total. The zero-order valence-electron chi connectivity index (χ0n) is 7.88. The fourth-order valence-electron chi connectivity index (χ4n) is 1.85. The maximum Gasteiger partial charge on any atom is 0.176 e. The third-order valence-electron chi connectivity index (χ3n) is 2.71. The SMILES string of the molecule is C#CCC(=O)C1(O)CCCCCC1. The lowest BCUT2D eigenvalue weighted by Gasteiger charge is -2.23. The first kappa shape index (κ1) is 10.3. The average molecular weight is 180 g/mol. The third kappa shape index (κ3) is 2.57. The summed E-state index contributed by atoms with van der Waals surface area (Å²) in [5, 5.41) is 10.0. The van der Waals surface area contributed by atoms with E-state index in [1.807, 2.05) is 0 Å². The molecule has 0 radical (unpaired) electrons. The summed E-state index contributed by atoms with van der Waals surface area (Å²) in [6, 6.07) is 0. The molecule has 13 heavy (non-hydrogen) atoms. The van der Waals surface area contributed by atoms with Crippen molar-refractivity contribution in [3.63, 3.8) is 0 Å². The van der Waals surface area contributed by atoms with E-state index in [0.29, 0.717) is 12.8 Å². The third-order valence-corrected chi connectivity index (χ3v) is 2.71. The molecule has 0 aromatic carbocycles. The van der Waals surface area contributed by atoms with Crippen LogP contribution in [-0.4, -0.2) is 16.5 Å². The van der Waals surface area contributed by atoms with Gasteiger partial charge in [-0.1, -0.05) is 31.6 Å². The number of carbonyl (C=O) groups excluding carboxylic acids is 1. The molecule has 2 nitrogen and oxygen atoms in total. The number of Topliss-reactive ketones (excluding diaryl/α,β-unsaturated/α-hetero) is 1. The van der Waals surface area contributed by atoms with E-state index in [-0.39, 0.29) is 12.2 Å². The van der Waals surface area contributed by atoms with E-state index in [1.54, 1.807) is 0 Å². The van der Waals surface area contributed by atoms with Crippen molar-refractivity contribution < 1.29 is 9.90 Å². The van der Waals surface area contributed by atoms with Gasteiger partial charge in [-0.25, -0.2) is 0 Å². The molecule has 1 rings (SSSR count).